The minimum Gasteiger partial charge on any atom is -0.532 e. The average molecular weight is 280 g/mol. The Morgan fingerprint density at radius 1 is 1.05 bits per heavy atom. The first-order valence-electron chi connectivity index (χ1n) is 6.82. The molecule has 0 aliphatic carbocycles. The molecule has 4 nitrogen and oxygen atoms in total. The molecule has 0 spiro atoms. The predicted octanol–water partition coefficient (Wildman–Crippen LogP) is 2.00. The fourth-order valence-electron chi connectivity index (χ4n) is 2.24. The van der Waals surface area contributed by atoms with Crippen LogP contribution >= 0.6 is 0 Å². The quantitative estimate of drug-likeness (QED) is 0.719. The van der Waals surface area contributed by atoms with Gasteiger partial charge >= 0.3 is 7.12 Å². The third-order valence-corrected chi connectivity index (χ3v) is 3.47. The van der Waals surface area contributed by atoms with Gasteiger partial charge in [-0.3, -0.25) is 0 Å². The fraction of sp³-hybridized carbons (Fsp3) is 0.125. The van der Waals surface area contributed by atoms with E-state index in [4.69, 9.17) is 4.65 Å². The van der Waals surface area contributed by atoms with Crippen LogP contribution in [0.25, 0.3) is 10.9 Å². The SMILES string of the molecule is CN(C)c1ccc(OB(O)c2ccc3cc[nH]c3c2)cc1. The van der Waals surface area contributed by atoms with Crippen LogP contribution in [-0.4, -0.2) is 31.2 Å². The number of hydrogen-bond acceptors (Lipinski definition) is 3. The second kappa shape index (κ2) is 5.54. The summed E-state index contributed by atoms with van der Waals surface area (Å²) in [4.78, 5) is 5.14. The number of hydrogen-bond donors (Lipinski definition) is 2. The summed E-state index contributed by atoms with van der Waals surface area (Å²) < 4.78 is 5.58. The molecule has 2 aromatic carbocycles. The number of anilines is 1. The second-order valence-electron chi connectivity index (χ2n) is 5.18. The van der Waals surface area contributed by atoms with E-state index in [0.29, 0.717) is 5.75 Å². The van der Waals surface area contributed by atoms with Crippen molar-refractivity contribution in [2.24, 2.45) is 0 Å². The van der Waals surface area contributed by atoms with Crippen LogP contribution in [0, 0.1) is 0 Å². The van der Waals surface area contributed by atoms with Crippen molar-refractivity contribution >= 4 is 29.2 Å². The Hall–Kier alpha value is -2.40. The average Bonchev–Trinajstić information content (AvgIpc) is 2.95. The molecule has 0 aliphatic rings. The standard InChI is InChI=1S/C16H17BN2O2/c1-19(2)14-5-7-15(8-6-14)21-17(20)13-4-3-12-9-10-18-16(12)11-13/h3-11,18,20H,1-2H3. The topological polar surface area (TPSA) is 48.5 Å². The second-order valence-corrected chi connectivity index (χ2v) is 5.18. The lowest BCUT2D eigenvalue weighted by atomic mass is 9.79. The van der Waals surface area contributed by atoms with E-state index in [2.05, 4.69) is 4.98 Å². The Balaban J connectivity index is 1.77. The summed E-state index contributed by atoms with van der Waals surface area (Å²) in [6, 6.07) is 15.3. The Labute approximate surface area is 124 Å². The first-order valence-corrected chi connectivity index (χ1v) is 6.82. The van der Waals surface area contributed by atoms with E-state index < -0.39 is 7.12 Å². The summed E-state index contributed by atoms with van der Waals surface area (Å²) >= 11 is 0. The minimum absolute atomic E-state index is 0.639. The van der Waals surface area contributed by atoms with Gasteiger partial charge in [-0.25, -0.2) is 0 Å². The number of nitrogens with one attached hydrogen (secondary N) is 1. The molecular weight excluding hydrogens is 263 g/mol. The molecule has 0 bridgehead atoms. The van der Waals surface area contributed by atoms with Gasteiger partial charge in [0.15, 0.2) is 0 Å². The zero-order chi connectivity index (χ0) is 14.8. The van der Waals surface area contributed by atoms with Crippen LogP contribution in [0.5, 0.6) is 5.75 Å². The molecular formula is C16H17BN2O2. The zero-order valence-electron chi connectivity index (χ0n) is 12.1. The van der Waals surface area contributed by atoms with Gasteiger partial charge in [0.1, 0.15) is 5.75 Å². The Kier molecular flexibility index (Phi) is 3.58. The van der Waals surface area contributed by atoms with Crippen molar-refractivity contribution in [3.05, 3.63) is 54.7 Å². The Bertz CT molecular complexity index is 737. The lowest BCUT2D eigenvalue weighted by Gasteiger charge is -2.14. The lowest BCUT2D eigenvalue weighted by molar-refractivity contribution is 0.433. The van der Waals surface area contributed by atoms with E-state index in [9.17, 15) is 5.02 Å². The van der Waals surface area contributed by atoms with E-state index in [0.717, 1.165) is 22.1 Å². The maximum atomic E-state index is 10.2. The van der Waals surface area contributed by atoms with Gasteiger partial charge in [0.25, 0.3) is 0 Å². The smallest absolute Gasteiger partial charge is 0.532 e. The lowest BCUT2D eigenvalue weighted by Crippen LogP contribution is -2.36. The number of rotatable bonds is 4. The maximum Gasteiger partial charge on any atom is 0.560 e. The predicted molar refractivity (Wildman–Crippen MR) is 87.3 cm³/mol. The summed E-state index contributed by atoms with van der Waals surface area (Å²) in [5, 5.41) is 11.3. The number of aromatic nitrogens is 1. The van der Waals surface area contributed by atoms with Crippen LogP contribution in [0.4, 0.5) is 5.69 Å². The molecule has 3 rings (SSSR count). The number of H-pyrrole nitrogens is 1. The molecule has 1 heterocycles. The van der Waals surface area contributed by atoms with Gasteiger partial charge in [-0.1, -0.05) is 12.1 Å². The molecule has 2 N–H and O–H groups in total. The monoisotopic (exact) mass is 280 g/mol. The van der Waals surface area contributed by atoms with E-state index in [1.165, 1.54) is 0 Å². The van der Waals surface area contributed by atoms with Gasteiger partial charge in [-0.15, -0.1) is 0 Å². The van der Waals surface area contributed by atoms with E-state index >= 15 is 0 Å². The summed E-state index contributed by atoms with van der Waals surface area (Å²) in [7, 11) is 2.98. The Morgan fingerprint density at radius 2 is 1.81 bits per heavy atom. The normalized spacial score (nSPS) is 10.6. The van der Waals surface area contributed by atoms with Gasteiger partial charge in [0.05, 0.1) is 0 Å². The molecule has 106 valence electrons. The highest BCUT2D eigenvalue weighted by Gasteiger charge is 2.19. The molecule has 0 unspecified atom stereocenters. The fourth-order valence-corrected chi connectivity index (χ4v) is 2.24. The van der Waals surface area contributed by atoms with E-state index in [-0.39, 0.29) is 0 Å². The highest BCUT2D eigenvalue weighted by molar-refractivity contribution is 6.61. The third kappa shape index (κ3) is 2.88. The van der Waals surface area contributed by atoms with Gasteiger partial charge in [0.2, 0.25) is 0 Å². The molecule has 5 heteroatoms. The summed E-state index contributed by atoms with van der Waals surface area (Å²) in [6.45, 7) is 0. The van der Waals surface area contributed by atoms with Crippen LogP contribution in [-0.2, 0) is 0 Å². The van der Waals surface area contributed by atoms with E-state index in [1.54, 1.807) is 0 Å². The summed E-state index contributed by atoms with van der Waals surface area (Å²) in [5.74, 6) is 0.639. The van der Waals surface area contributed by atoms with Crippen molar-refractivity contribution in [1.82, 2.24) is 4.98 Å². The van der Waals surface area contributed by atoms with Crippen LogP contribution in [0.2, 0.25) is 0 Å². The van der Waals surface area contributed by atoms with Crippen LogP contribution < -0.4 is 15.0 Å². The molecule has 3 aromatic rings. The zero-order valence-corrected chi connectivity index (χ0v) is 12.1. The molecule has 0 saturated heterocycles. The maximum absolute atomic E-state index is 10.2. The summed E-state index contributed by atoms with van der Waals surface area (Å²) in [5.41, 5.74) is 2.80. The van der Waals surface area contributed by atoms with Gasteiger partial charge < -0.3 is 19.6 Å². The third-order valence-electron chi connectivity index (χ3n) is 3.47. The molecule has 1 aromatic heterocycles. The van der Waals surface area contributed by atoms with E-state index in [1.807, 2.05) is 73.7 Å². The molecule has 0 aliphatic heterocycles. The molecule has 0 radical (unpaired) electrons. The van der Waals surface area contributed by atoms with Gasteiger partial charge in [0, 0.05) is 31.5 Å². The number of benzene rings is 2. The molecule has 21 heavy (non-hydrogen) atoms. The van der Waals surface area contributed by atoms with Crippen LogP contribution in [0.3, 0.4) is 0 Å². The van der Waals surface area contributed by atoms with Crippen molar-refractivity contribution < 1.29 is 9.68 Å². The Morgan fingerprint density at radius 3 is 2.52 bits per heavy atom. The molecule has 0 saturated carbocycles. The van der Waals surface area contributed by atoms with Crippen molar-refractivity contribution in [1.29, 1.82) is 0 Å². The minimum atomic E-state index is -0.983. The van der Waals surface area contributed by atoms with Crippen molar-refractivity contribution in [3.8, 4) is 5.75 Å². The first-order chi connectivity index (χ1) is 10.1. The van der Waals surface area contributed by atoms with Crippen molar-refractivity contribution in [2.45, 2.75) is 0 Å². The van der Waals surface area contributed by atoms with Crippen LogP contribution in [0.15, 0.2) is 54.7 Å². The van der Waals surface area contributed by atoms with Crippen molar-refractivity contribution in [3.63, 3.8) is 0 Å². The molecule has 0 fully saturated rings. The molecule has 0 atom stereocenters. The number of aromatic amines is 1. The number of fused-ring (bicyclic) bond motifs is 1. The first kappa shape index (κ1) is 13.6. The molecule has 0 amide bonds. The van der Waals surface area contributed by atoms with Crippen molar-refractivity contribution in [2.75, 3.05) is 19.0 Å². The number of nitrogens with zero attached hydrogens (tertiary/aromatic N) is 1. The largest absolute Gasteiger partial charge is 0.560 e. The van der Waals surface area contributed by atoms with Crippen LogP contribution in [0.1, 0.15) is 0 Å². The van der Waals surface area contributed by atoms with Gasteiger partial charge in [-0.05, 0) is 47.2 Å². The highest BCUT2D eigenvalue weighted by Crippen LogP contribution is 2.18. The highest BCUT2D eigenvalue weighted by atomic mass is 16.5. The summed E-state index contributed by atoms with van der Waals surface area (Å²) in [6.07, 6.45) is 1.88. The van der Waals surface area contributed by atoms with Gasteiger partial charge in [-0.2, -0.15) is 0 Å².